The molecular formula is C23H26N4O2. The monoisotopic (exact) mass is 390 g/mol. The fourth-order valence-electron chi connectivity index (χ4n) is 3.80. The topological polar surface area (TPSA) is 94.0 Å². The van der Waals surface area contributed by atoms with Crippen LogP contribution in [0.1, 0.15) is 42.5 Å². The highest BCUT2D eigenvalue weighted by Crippen LogP contribution is 2.25. The summed E-state index contributed by atoms with van der Waals surface area (Å²) in [6.07, 6.45) is 7.40. The number of carbonyl (C=O) groups excluding carboxylic acids is 1. The van der Waals surface area contributed by atoms with Crippen molar-refractivity contribution in [2.24, 2.45) is 5.92 Å². The second kappa shape index (κ2) is 8.90. The standard InChI is InChI=1S/C23H26N4O2/c24-22-20(5-3-13-25-22)21-15-19(27-29-21)14-17-8-6-16(7-9-17)10-11-18-4-1-2-12-26-23(18)28/h3,5-9,13,15,18H,1-2,4,10-12,14H2,(H2,24,25)(H,26,28). The molecule has 1 amide bonds. The number of hydrogen-bond donors (Lipinski definition) is 2. The van der Waals surface area contributed by atoms with Gasteiger partial charge in [-0.1, -0.05) is 35.8 Å². The van der Waals surface area contributed by atoms with E-state index in [1.807, 2.05) is 18.2 Å². The lowest BCUT2D eigenvalue weighted by Crippen LogP contribution is -2.29. The average molecular weight is 390 g/mol. The smallest absolute Gasteiger partial charge is 0.223 e. The van der Waals surface area contributed by atoms with Crippen molar-refractivity contribution >= 4 is 11.7 Å². The van der Waals surface area contributed by atoms with Gasteiger partial charge < -0.3 is 15.6 Å². The third-order valence-electron chi connectivity index (χ3n) is 5.50. The number of pyridine rings is 1. The summed E-state index contributed by atoms with van der Waals surface area (Å²) in [5.74, 6) is 1.42. The van der Waals surface area contributed by atoms with Crippen molar-refractivity contribution in [2.75, 3.05) is 12.3 Å². The van der Waals surface area contributed by atoms with Crippen LogP contribution in [-0.2, 0) is 17.6 Å². The lowest BCUT2D eigenvalue weighted by Gasteiger charge is -2.13. The highest BCUT2D eigenvalue weighted by Gasteiger charge is 2.20. The first-order valence-corrected chi connectivity index (χ1v) is 10.2. The largest absolute Gasteiger partial charge is 0.383 e. The van der Waals surface area contributed by atoms with Gasteiger partial charge in [-0.05, 0) is 48.9 Å². The van der Waals surface area contributed by atoms with E-state index in [0.29, 0.717) is 18.0 Å². The van der Waals surface area contributed by atoms with Crippen molar-refractivity contribution < 1.29 is 9.32 Å². The summed E-state index contributed by atoms with van der Waals surface area (Å²) >= 11 is 0. The normalized spacial score (nSPS) is 17.0. The summed E-state index contributed by atoms with van der Waals surface area (Å²) < 4.78 is 5.45. The molecule has 1 aliphatic heterocycles. The number of carbonyl (C=O) groups is 1. The number of aromatic nitrogens is 2. The molecule has 0 aliphatic carbocycles. The van der Waals surface area contributed by atoms with Crippen LogP contribution in [0.4, 0.5) is 5.82 Å². The second-order valence-electron chi connectivity index (χ2n) is 7.63. The Labute approximate surface area is 170 Å². The molecule has 2 aromatic heterocycles. The van der Waals surface area contributed by atoms with E-state index in [2.05, 4.69) is 39.7 Å². The number of hydrogen-bond acceptors (Lipinski definition) is 5. The number of aryl methyl sites for hydroxylation is 1. The summed E-state index contributed by atoms with van der Waals surface area (Å²) in [6, 6.07) is 14.1. The molecule has 1 atom stereocenters. The molecule has 6 heteroatoms. The molecule has 3 aromatic rings. The number of nitrogen functional groups attached to an aromatic ring is 1. The van der Waals surface area contributed by atoms with E-state index in [1.54, 1.807) is 6.20 Å². The third kappa shape index (κ3) is 4.83. The first kappa shape index (κ1) is 19.2. The molecule has 0 saturated carbocycles. The number of anilines is 1. The first-order valence-electron chi connectivity index (χ1n) is 10.2. The Bertz CT molecular complexity index is 965. The molecule has 1 aromatic carbocycles. The zero-order valence-electron chi connectivity index (χ0n) is 16.4. The first-order chi connectivity index (χ1) is 14.2. The number of benzene rings is 1. The Morgan fingerprint density at radius 2 is 1.97 bits per heavy atom. The fraction of sp³-hybridized carbons (Fsp3) is 0.348. The Morgan fingerprint density at radius 1 is 1.14 bits per heavy atom. The number of nitrogens with one attached hydrogen (secondary N) is 1. The molecule has 3 heterocycles. The molecule has 0 radical (unpaired) electrons. The Morgan fingerprint density at radius 3 is 2.79 bits per heavy atom. The van der Waals surface area contributed by atoms with Crippen molar-refractivity contribution in [3.63, 3.8) is 0 Å². The van der Waals surface area contributed by atoms with Gasteiger partial charge in [0.25, 0.3) is 0 Å². The second-order valence-corrected chi connectivity index (χ2v) is 7.63. The third-order valence-corrected chi connectivity index (χ3v) is 5.50. The fourth-order valence-corrected chi connectivity index (χ4v) is 3.80. The van der Waals surface area contributed by atoms with E-state index in [0.717, 1.165) is 49.9 Å². The molecule has 1 fully saturated rings. The predicted molar refractivity (Wildman–Crippen MR) is 112 cm³/mol. The lowest BCUT2D eigenvalue weighted by atomic mass is 9.94. The van der Waals surface area contributed by atoms with Crippen LogP contribution in [0.25, 0.3) is 11.3 Å². The molecule has 0 bridgehead atoms. The van der Waals surface area contributed by atoms with Crippen LogP contribution in [0.15, 0.2) is 53.2 Å². The molecule has 150 valence electrons. The van der Waals surface area contributed by atoms with E-state index in [-0.39, 0.29) is 11.8 Å². The van der Waals surface area contributed by atoms with Gasteiger partial charge in [0.15, 0.2) is 5.76 Å². The maximum atomic E-state index is 12.1. The van der Waals surface area contributed by atoms with Crippen molar-refractivity contribution in [3.05, 3.63) is 65.5 Å². The number of nitrogens with two attached hydrogens (primary N) is 1. The van der Waals surface area contributed by atoms with Crippen LogP contribution in [0.2, 0.25) is 0 Å². The number of rotatable bonds is 6. The van der Waals surface area contributed by atoms with Crippen LogP contribution < -0.4 is 11.1 Å². The van der Waals surface area contributed by atoms with Crippen molar-refractivity contribution in [1.29, 1.82) is 0 Å². The van der Waals surface area contributed by atoms with Gasteiger partial charge in [-0.25, -0.2) is 4.98 Å². The van der Waals surface area contributed by atoms with Gasteiger partial charge in [-0.15, -0.1) is 0 Å². The molecule has 6 nitrogen and oxygen atoms in total. The summed E-state index contributed by atoms with van der Waals surface area (Å²) in [5.41, 5.74) is 9.94. The van der Waals surface area contributed by atoms with Gasteiger partial charge >= 0.3 is 0 Å². The maximum Gasteiger partial charge on any atom is 0.223 e. The molecule has 3 N–H and O–H groups in total. The summed E-state index contributed by atoms with van der Waals surface area (Å²) in [6.45, 7) is 0.821. The van der Waals surface area contributed by atoms with E-state index in [4.69, 9.17) is 10.3 Å². The van der Waals surface area contributed by atoms with Crippen molar-refractivity contribution in [2.45, 2.75) is 38.5 Å². The maximum absolute atomic E-state index is 12.1. The predicted octanol–water partition coefficient (Wildman–Crippen LogP) is 3.76. The molecule has 4 rings (SSSR count). The zero-order valence-corrected chi connectivity index (χ0v) is 16.4. The van der Waals surface area contributed by atoms with E-state index < -0.39 is 0 Å². The quantitative estimate of drug-likeness (QED) is 0.668. The Kier molecular flexibility index (Phi) is 5.89. The molecule has 1 aliphatic rings. The van der Waals surface area contributed by atoms with Gasteiger partial charge in [-0.3, -0.25) is 4.79 Å². The van der Waals surface area contributed by atoms with Gasteiger partial charge in [-0.2, -0.15) is 0 Å². The minimum absolute atomic E-state index is 0.144. The lowest BCUT2D eigenvalue weighted by molar-refractivity contribution is -0.124. The summed E-state index contributed by atoms with van der Waals surface area (Å²) in [4.78, 5) is 16.2. The minimum atomic E-state index is 0.144. The summed E-state index contributed by atoms with van der Waals surface area (Å²) in [5, 5.41) is 7.18. The molecular weight excluding hydrogens is 364 g/mol. The molecule has 0 spiro atoms. The highest BCUT2D eigenvalue weighted by atomic mass is 16.5. The molecule has 1 saturated heterocycles. The van der Waals surface area contributed by atoms with Gasteiger partial charge in [0.05, 0.1) is 11.3 Å². The van der Waals surface area contributed by atoms with Crippen LogP contribution in [-0.4, -0.2) is 22.6 Å². The van der Waals surface area contributed by atoms with Crippen LogP contribution in [0.3, 0.4) is 0 Å². The van der Waals surface area contributed by atoms with Gasteiger partial charge in [0, 0.05) is 31.1 Å². The van der Waals surface area contributed by atoms with Gasteiger partial charge in [0.2, 0.25) is 5.91 Å². The summed E-state index contributed by atoms with van der Waals surface area (Å²) in [7, 11) is 0. The SMILES string of the molecule is Nc1ncccc1-c1cc(Cc2ccc(CCC3CCCCNC3=O)cc2)no1. The Hall–Kier alpha value is -3.15. The van der Waals surface area contributed by atoms with Crippen LogP contribution in [0, 0.1) is 5.92 Å². The van der Waals surface area contributed by atoms with Gasteiger partial charge in [0.1, 0.15) is 5.82 Å². The van der Waals surface area contributed by atoms with E-state index in [1.165, 1.54) is 11.1 Å². The molecule has 1 unspecified atom stereocenters. The average Bonchev–Trinajstić information content (AvgIpc) is 3.09. The zero-order chi connectivity index (χ0) is 20.1. The molecule has 29 heavy (non-hydrogen) atoms. The van der Waals surface area contributed by atoms with Crippen molar-refractivity contribution in [3.8, 4) is 11.3 Å². The highest BCUT2D eigenvalue weighted by molar-refractivity contribution is 5.78. The van der Waals surface area contributed by atoms with Crippen LogP contribution >= 0.6 is 0 Å². The van der Waals surface area contributed by atoms with E-state index in [9.17, 15) is 4.79 Å². The van der Waals surface area contributed by atoms with E-state index >= 15 is 0 Å². The van der Waals surface area contributed by atoms with Crippen molar-refractivity contribution in [1.82, 2.24) is 15.5 Å². The number of amides is 1. The number of nitrogens with zero attached hydrogens (tertiary/aromatic N) is 2. The minimum Gasteiger partial charge on any atom is -0.383 e. The van der Waals surface area contributed by atoms with Crippen LogP contribution in [0.5, 0.6) is 0 Å². The Balaban J connectivity index is 1.35.